The topological polar surface area (TPSA) is 54.5 Å². The van der Waals surface area contributed by atoms with E-state index in [2.05, 4.69) is 22.4 Å². The number of hydrogen-bond donors (Lipinski definition) is 1. The highest BCUT2D eigenvalue weighted by molar-refractivity contribution is 5.70. The molecule has 5 nitrogen and oxygen atoms in total. The standard InChI is InChI=1S/C21H27N3O2/c1-20(2,3)26-19(25)24-14-13-22-16-21(24,18-11-7-8-12-23-18)15-17-9-5-4-6-10-17/h4-12,22H,13-16H2,1-3H3. The van der Waals surface area contributed by atoms with E-state index in [1.165, 1.54) is 0 Å². The molecular weight excluding hydrogens is 326 g/mol. The van der Waals surface area contributed by atoms with Crippen LogP contribution in [-0.2, 0) is 16.7 Å². The van der Waals surface area contributed by atoms with Crippen molar-refractivity contribution in [1.82, 2.24) is 15.2 Å². The zero-order valence-corrected chi connectivity index (χ0v) is 15.7. The fourth-order valence-corrected chi connectivity index (χ4v) is 3.43. The molecule has 26 heavy (non-hydrogen) atoms. The highest BCUT2D eigenvalue weighted by Gasteiger charge is 2.45. The molecule has 2 heterocycles. The van der Waals surface area contributed by atoms with Crippen LogP contribution in [0.5, 0.6) is 0 Å². The number of pyridine rings is 1. The molecule has 5 heteroatoms. The average Bonchev–Trinajstić information content (AvgIpc) is 2.62. The second kappa shape index (κ2) is 7.46. The monoisotopic (exact) mass is 353 g/mol. The minimum Gasteiger partial charge on any atom is -0.444 e. The Morgan fingerprint density at radius 3 is 2.58 bits per heavy atom. The molecule has 1 amide bonds. The van der Waals surface area contributed by atoms with Gasteiger partial charge in [0.2, 0.25) is 0 Å². The zero-order chi connectivity index (χ0) is 18.6. The lowest BCUT2D eigenvalue weighted by atomic mass is 9.83. The minimum absolute atomic E-state index is 0.291. The molecule has 3 rings (SSSR count). The van der Waals surface area contributed by atoms with Gasteiger partial charge in [-0.05, 0) is 38.5 Å². The second-order valence-corrected chi connectivity index (χ2v) is 7.72. The minimum atomic E-state index is -0.580. The summed E-state index contributed by atoms with van der Waals surface area (Å²) in [7, 11) is 0. The molecule has 138 valence electrons. The van der Waals surface area contributed by atoms with Crippen LogP contribution >= 0.6 is 0 Å². The molecule has 1 atom stereocenters. The Labute approximate surface area is 155 Å². The summed E-state index contributed by atoms with van der Waals surface area (Å²) in [6.07, 6.45) is 2.17. The fraction of sp³-hybridized carbons (Fsp3) is 0.429. The molecular formula is C21H27N3O2. The molecule has 1 aliphatic rings. The van der Waals surface area contributed by atoms with Gasteiger partial charge in [0.25, 0.3) is 0 Å². The maximum absolute atomic E-state index is 13.0. The lowest BCUT2D eigenvalue weighted by Gasteiger charge is -2.47. The number of amides is 1. The highest BCUT2D eigenvalue weighted by Crippen LogP contribution is 2.34. The van der Waals surface area contributed by atoms with Crippen molar-refractivity contribution in [3.63, 3.8) is 0 Å². The Bertz CT molecular complexity index is 728. The molecule has 1 unspecified atom stereocenters. The van der Waals surface area contributed by atoms with E-state index in [1.807, 2.05) is 62.1 Å². The smallest absolute Gasteiger partial charge is 0.411 e. The Morgan fingerprint density at radius 1 is 1.19 bits per heavy atom. The number of nitrogens with zero attached hydrogens (tertiary/aromatic N) is 2. The van der Waals surface area contributed by atoms with Crippen LogP contribution in [0.3, 0.4) is 0 Å². The van der Waals surface area contributed by atoms with Gasteiger partial charge in [0.15, 0.2) is 0 Å². The third-order valence-corrected chi connectivity index (χ3v) is 4.54. The van der Waals surface area contributed by atoms with E-state index in [9.17, 15) is 4.79 Å². The Kier molecular flexibility index (Phi) is 5.28. The molecule has 2 aromatic rings. The molecule has 0 bridgehead atoms. The van der Waals surface area contributed by atoms with Crippen LogP contribution in [0.25, 0.3) is 0 Å². The first-order chi connectivity index (χ1) is 12.4. The van der Waals surface area contributed by atoms with Crippen LogP contribution < -0.4 is 5.32 Å². The molecule has 1 fully saturated rings. The van der Waals surface area contributed by atoms with Crippen LogP contribution in [0.2, 0.25) is 0 Å². The van der Waals surface area contributed by atoms with Crippen molar-refractivity contribution in [2.75, 3.05) is 19.6 Å². The Balaban J connectivity index is 2.03. The fourth-order valence-electron chi connectivity index (χ4n) is 3.43. The van der Waals surface area contributed by atoms with Gasteiger partial charge in [-0.3, -0.25) is 9.88 Å². The van der Waals surface area contributed by atoms with Gasteiger partial charge in [-0.15, -0.1) is 0 Å². The largest absolute Gasteiger partial charge is 0.444 e. The van der Waals surface area contributed by atoms with Gasteiger partial charge >= 0.3 is 6.09 Å². The van der Waals surface area contributed by atoms with E-state index in [4.69, 9.17) is 4.74 Å². The maximum atomic E-state index is 13.0. The summed E-state index contributed by atoms with van der Waals surface area (Å²) in [6, 6.07) is 16.1. The first kappa shape index (κ1) is 18.4. The molecule has 0 radical (unpaired) electrons. The molecule has 0 aliphatic carbocycles. The zero-order valence-electron chi connectivity index (χ0n) is 15.7. The predicted molar refractivity (Wildman–Crippen MR) is 102 cm³/mol. The van der Waals surface area contributed by atoms with Crippen molar-refractivity contribution in [3.8, 4) is 0 Å². The van der Waals surface area contributed by atoms with Gasteiger partial charge < -0.3 is 10.1 Å². The summed E-state index contributed by atoms with van der Waals surface area (Å²) in [5.74, 6) is 0. The van der Waals surface area contributed by atoms with E-state index >= 15 is 0 Å². The first-order valence-electron chi connectivity index (χ1n) is 9.07. The van der Waals surface area contributed by atoms with E-state index in [0.717, 1.165) is 17.8 Å². The predicted octanol–water partition coefficient (Wildman–Crippen LogP) is 3.36. The average molecular weight is 353 g/mol. The molecule has 0 saturated carbocycles. The van der Waals surface area contributed by atoms with Crippen LogP contribution in [0.15, 0.2) is 54.7 Å². The van der Waals surface area contributed by atoms with E-state index in [-0.39, 0.29) is 6.09 Å². The van der Waals surface area contributed by atoms with Gasteiger partial charge in [0, 0.05) is 32.3 Å². The number of piperazine rings is 1. The van der Waals surface area contributed by atoms with Crippen molar-refractivity contribution < 1.29 is 9.53 Å². The van der Waals surface area contributed by atoms with Gasteiger partial charge in [0.05, 0.1) is 5.69 Å². The highest BCUT2D eigenvalue weighted by atomic mass is 16.6. The quantitative estimate of drug-likeness (QED) is 0.919. The number of aromatic nitrogens is 1. The number of carbonyl (C=O) groups is 1. The summed E-state index contributed by atoms with van der Waals surface area (Å²) in [5.41, 5.74) is 0.922. The third kappa shape index (κ3) is 4.05. The first-order valence-corrected chi connectivity index (χ1v) is 9.07. The summed E-state index contributed by atoms with van der Waals surface area (Å²) in [5, 5.41) is 3.45. The lowest BCUT2D eigenvalue weighted by molar-refractivity contribution is -0.0142. The third-order valence-electron chi connectivity index (χ3n) is 4.54. The Morgan fingerprint density at radius 2 is 1.92 bits per heavy atom. The molecule has 1 saturated heterocycles. The number of hydrogen-bond acceptors (Lipinski definition) is 4. The van der Waals surface area contributed by atoms with Crippen molar-refractivity contribution >= 4 is 6.09 Å². The number of carbonyl (C=O) groups excluding carboxylic acids is 1. The van der Waals surface area contributed by atoms with Crippen LogP contribution in [0, 0.1) is 0 Å². The molecule has 1 aliphatic heterocycles. The SMILES string of the molecule is CC(C)(C)OC(=O)N1CCNCC1(Cc1ccccc1)c1ccccn1. The second-order valence-electron chi connectivity index (χ2n) is 7.72. The van der Waals surface area contributed by atoms with E-state index in [0.29, 0.717) is 19.5 Å². The summed E-state index contributed by atoms with van der Waals surface area (Å²) >= 11 is 0. The molecule has 1 aromatic carbocycles. The van der Waals surface area contributed by atoms with Crippen molar-refractivity contribution in [1.29, 1.82) is 0 Å². The molecule has 1 aromatic heterocycles. The van der Waals surface area contributed by atoms with Crippen molar-refractivity contribution in [2.24, 2.45) is 0 Å². The maximum Gasteiger partial charge on any atom is 0.411 e. The van der Waals surface area contributed by atoms with Gasteiger partial charge in [-0.25, -0.2) is 4.79 Å². The van der Waals surface area contributed by atoms with Gasteiger partial charge in [-0.2, -0.15) is 0 Å². The number of ether oxygens (including phenoxy) is 1. The van der Waals surface area contributed by atoms with Crippen LogP contribution in [0.4, 0.5) is 4.79 Å². The van der Waals surface area contributed by atoms with Crippen LogP contribution in [-0.4, -0.2) is 41.2 Å². The number of nitrogens with one attached hydrogen (secondary N) is 1. The van der Waals surface area contributed by atoms with Crippen LogP contribution in [0.1, 0.15) is 32.0 Å². The van der Waals surface area contributed by atoms with Gasteiger partial charge in [-0.1, -0.05) is 36.4 Å². The van der Waals surface area contributed by atoms with Gasteiger partial charge in [0.1, 0.15) is 11.1 Å². The number of rotatable bonds is 3. The summed E-state index contributed by atoms with van der Waals surface area (Å²) in [4.78, 5) is 19.5. The van der Waals surface area contributed by atoms with Crippen molar-refractivity contribution in [3.05, 3.63) is 66.0 Å². The molecule has 1 N–H and O–H groups in total. The normalized spacial score (nSPS) is 20.7. The lowest BCUT2D eigenvalue weighted by Crippen LogP contribution is -2.63. The summed E-state index contributed by atoms with van der Waals surface area (Å²) < 4.78 is 5.72. The Hall–Kier alpha value is -2.40. The van der Waals surface area contributed by atoms with E-state index in [1.54, 1.807) is 6.20 Å². The molecule has 0 spiro atoms. The van der Waals surface area contributed by atoms with E-state index < -0.39 is 11.1 Å². The van der Waals surface area contributed by atoms with Crippen molar-refractivity contribution in [2.45, 2.75) is 38.3 Å². The summed E-state index contributed by atoms with van der Waals surface area (Å²) in [6.45, 7) is 7.64. The number of benzene rings is 1.